The minimum absolute atomic E-state index is 0.156. The summed E-state index contributed by atoms with van der Waals surface area (Å²) in [5.41, 5.74) is 9.42. The molecule has 1 saturated carbocycles. The molecule has 22 heavy (non-hydrogen) atoms. The number of hydrogen-bond donors (Lipinski definition) is 3. The van der Waals surface area contributed by atoms with Crippen molar-refractivity contribution in [2.75, 3.05) is 5.73 Å². The molecule has 1 aliphatic carbocycles. The van der Waals surface area contributed by atoms with Crippen LogP contribution in [-0.2, 0) is 0 Å². The van der Waals surface area contributed by atoms with Crippen LogP contribution in [0.4, 0.5) is 5.69 Å². The second-order valence-electron chi connectivity index (χ2n) is 5.87. The number of rotatable bonds is 2. The van der Waals surface area contributed by atoms with Gasteiger partial charge in [0.15, 0.2) is 0 Å². The van der Waals surface area contributed by atoms with E-state index < -0.39 is 0 Å². The highest BCUT2D eigenvalue weighted by Gasteiger charge is 2.24. The zero-order valence-electron chi connectivity index (χ0n) is 12.0. The number of anilines is 1. The number of phenolic OH excluding ortho intramolecular Hbond substituents is 1. The first kappa shape index (κ1) is 13.0. The Bertz CT molecular complexity index is 939. The largest absolute Gasteiger partial charge is 0.508 e. The highest BCUT2D eigenvalue weighted by molar-refractivity contribution is 6.00. The van der Waals surface area contributed by atoms with E-state index in [2.05, 4.69) is 17.1 Å². The lowest BCUT2D eigenvalue weighted by molar-refractivity contribution is 0.475. The SMILES string of the molecule is Nc1c(-c2cccc(O)c2)c2cc(C3CC3)ccc2[nH]c1=O. The average Bonchev–Trinajstić information content (AvgIpc) is 3.33. The molecular formula is C18H16N2O2. The Kier molecular flexibility index (Phi) is 2.73. The van der Waals surface area contributed by atoms with Crippen LogP contribution < -0.4 is 11.3 Å². The van der Waals surface area contributed by atoms with Crippen molar-refractivity contribution in [2.45, 2.75) is 18.8 Å². The number of nitrogens with one attached hydrogen (secondary N) is 1. The molecule has 0 unspecified atom stereocenters. The average molecular weight is 292 g/mol. The standard InChI is InChI=1S/C18H16N2O2/c19-17-16(12-2-1-3-13(21)8-12)14-9-11(10-4-5-10)6-7-15(14)20-18(17)22/h1-3,6-10,21H,4-5,19H2,(H,20,22). The summed E-state index contributed by atoms with van der Waals surface area (Å²) < 4.78 is 0. The van der Waals surface area contributed by atoms with Crippen molar-refractivity contribution in [1.29, 1.82) is 0 Å². The van der Waals surface area contributed by atoms with Crippen molar-refractivity contribution in [3.05, 3.63) is 58.4 Å². The van der Waals surface area contributed by atoms with Gasteiger partial charge in [-0.25, -0.2) is 0 Å². The van der Waals surface area contributed by atoms with Crippen molar-refractivity contribution in [3.8, 4) is 16.9 Å². The van der Waals surface area contributed by atoms with Gasteiger partial charge in [0.25, 0.3) is 5.56 Å². The maximum absolute atomic E-state index is 12.1. The van der Waals surface area contributed by atoms with Crippen LogP contribution in [0.15, 0.2) is 47.3 Å². The van der Waals surface area contributed by atoms with Gasteiger partial charge in [-0.3, -0.25) is 4.79 Å². The minimum Gasteiger partial charge on any atom is -0.508 e. The molecular weight excluding hydrogens is 276 g/mol. The van der Waals surface area contributed by atoms with Crippen LogP contribution in [0, 0.1) is 0 Å². The molecule has 4 nitrogen and oxygen atoms in total. The number of nitrogen functional groups attached to an aromatic ring is 1. The van der Waals surface area contributed by atoms with Crippen molar-refractivity contribution >= 4 is 16.6 Å². The predicted molar refractivity (Wildman–Crippen MR) is 88.1 cm³/mol. The maximum Gasteiger partial charge on any atom is 0.272 e. The van der Waals surface area contributed by atoms with Gasteiger partial charge in [-0.2, -0.15) is 0 Å². The van der Waals surface area contributed by atoms with Crippen LogP contribution in [0.25, 0.3) is 22.0 Å². The van der Waals surface area contributed by atoms with E-state index in [0.717, 1.165) is 16.5 Å². The van der Waals surface area contributed by atoms with Crippen LogP contribution in [-0.4, -0.2) is 10.1 Å². The van der Waals surface area contributed by atoms with E-state index in [1.165, 1.54) is 18.4 Å². The molecule has 0 radical (unpaired) electrons. The second-order valence-corrected chi connectivity index (χ2v) is 5.87. The molecule has 0 aliphatic heterocycles. The fourth-order valence-corrected chi connectivity index (χ4v) is 2.97. The topological polar surface area (TPSA) is 79.1 Å². The number of phenols is 1. The molecule has 4 heteroatoms. The number of aromatic amines is 1. The smallest absolute Gasteiger partial charge is 0.272 e. The molecule has 0 spiro atoms. The molecule has 0 bridgehead atoms. The highest BCUT2D eigenvalue weighted by Crippen LogP contribution is 2.42. The van der Waals surface area contributed by atoms with Gasteiger partial charge in [0.05, 0.1) is 0 Å². The van der Waals surface area contributed by atoms with Crippen LogP contribution in [0.1, 0.15) is 24.3 Å². The molecule has 110 valence electrons. The summed E-state index contributed by atoms with van der Waals surface area (Å²) in [6.45, 7) is 0. The van der Waals surface area contributed by atoms with Gasteiger partial charge in [0, 0.05) is 16.5 Å². The van der Waals surface area contributed by atoms with E-state index in [-0.39, 0.29) is 17.0 Å². The number of H-pyrrole nitrogens is 1. The van der Waals surface area contributed by atoms with E-state index in [1.54, 1.807) is 18.2 Å². The van der Waals surface area contributed by atoms with Gasteiger partial charge in [0.2, 0.25) is 0 Å². The van der Waals surface area contributed by atoms with Gasteiger partial charge in [-0.15, -0.1) is 0 Å². The fourth-order valence-electron chi connectivity index (χ4n) is 2.97. The number of aromatic hydroxyl groups is 1. The summed E-state index contributed by atoms with van der Waals surface area (Å²) in [5.74, 6) is 0.776. The summed E-state index contributed by atoms with van der Waals surface area (Å²) in [4.78, 5) is 14.9. The molecule has 1 aliphatic rings. The molecule has 4 rings (SSSR count). The van der Waals surface area contributed by atoms with E-state index >= 15 is 0 Å². The Morgan fingerprint density at radius 2 is 1.95 bits per heavy atom. The van der Waals surface area contributed by atoms with Crippen LogP contribution in [0.5, 0.6) is 5.75 Å². The van der Waals surface area contributed by atoms with Gasteiger partial charge >= 0.3 is 0 Å². The monoisotopic (exact) mass is 292 g/mol. The molecule has 1 heterocycles. The van der Waals surface area contributed by atoms with E-state index in [4.69, 9.17) is 5.73 Å². The highest BCUT2D eigenvalue weighted by atomic mass is 16.3. The van der Waals surface area contributed by atoms with Crippen LogP contribution in [0.2, 0.25) is 0 Å². The zero-order chi connectivity index (χ0) is 15.3. The Labute approximate surface area is 127 Å². The normalized spacial score (nSPS) is 14.4. The van der Waals surface area contributed by atoms with Crippen molar-refractivity contribution in [1.82, 2.24) is 4.98 Å². The first-order valence-corrected chi connectivity index (χ1v) is 7.38. The Balaban J connectivity index is 2.07. The van der Waals surface area contributed by atoms with E-state index in [0.29, 0.717) is 11.5 Å². The summed E-state index contributed by atoms with van der Waals surface area (Å²) >= 11 is 0. The van der Waals surface area contributed by atoms with Crippen LogP contribution >= 0.6 is 0 Å². The molecule has 1 fully saturated rings. The lowest BCUT2D eigenvalue weighted by Gasteiger charge is -2.11. The molecule has 2 aromatic carbocycles. The fraction of sp³-hybridized carbons (Fsp3) is 0.167. The van der Waals surface area contributed by atoms with Crippen molar-refractivity contribution < 1.29 is 5.11 Å². The van der Waals surface area contributed by atoms with Crippen LogP contribution in [0.3, 0.4) is 0 Å². The third-order valence-electron chi connectivity index (χ3n) is 4.26. The molecule has 0 amide bonds. The molecule has 4 N–H and O–H groups in total. The maximum atomic E-state index is 12.1. The summed E-state index contributed by atoms with van der Waals surface area (Å²) in [7, 11) is 0. The van der Waals surface area contributed by atoms with Crippen molar-refractivity contribution in [2.24, 2.45) is 0 Å². The van der Waals surface area contributed by atoms with E-state index in [9.17, 15) is 9.90 Å². The van der Waals surface area contributed by atoms with Gasteiger partial charge in [-0.05, 0) is 54.2 Å². The van der Waals surface area contributed by atoms with Gasteiger partial charge in [0.1, 0.15) is 11.4 Å². The third-order valence-corrected chi connectivity index (χ3v) is 4.26. The van der Waals surface area contributed by atoms with Crippen molar-refractivity contribution in [3.63, 3.8) is 0 Å². The number of benzene rings is 2. The second kappa shape index (κ2) is 4.63. The summed E-state index contributed by atoms with van der Waals surface area (Å²) in [5, 5.41) is 10.7. The Morgan fingerprint density at radius 3 is 2.68 bits per heavy atom. The molecule has 1 aromatic heterocycles. The first-order chi connectivity index (χ1) is 10.6. The lowest BCUT2D eigenvalue weighted by atomic mass is 9.97. The molecule has 3 aromatic rings. The number of hydrogen-bond acceptors (Lipinski definition) is 3. The predicted octanol–water partition coefficient (Wildman–Crippen LogP) is 3.36. The number of pyridine rings is 1. The third kappa shape index (κ3) is 2.04. The lowest BCUT2D eigenvalue weighted by Crippen LogP contribution is -2.13. The number of nitrogens with two attached hydrogens (primary N) is 1. The quantitative estimate of drug-likeness (QED) is 0.677. The number of aromatic nitrogens is 1. The van der Waals surface area contributed by atoms with E-state index in [1.807, 2.05) is 12.1 Å². The van der Waals surface area contributed by atoms with Gasteiger partial charge in [-0.1, -0.05) is 18.2 Å². The Morgan fingerprint density at radius 1 is 1.14 bits per heavy atom. The Hall–Kier alpha value is -2.75. The summed E-state index contributed by atoms with van der Waals surface area (Å²) in [6.07, 6.45) is 2.43. The molecule has 0 saturated heterocycles. The number of fused-ring (bicyclic) bond motifs is 1. The first-order valence-electron chi connectivity index (χ1n) is 7.38. The minimum atomic E-state index is -0.301. The van der Waals surface area contributed by atoms with Gasteiger partial charge < -0.3 is 15.8 Å². The summed E-state index contributed by atoms with van der Waals surface area (Å²) in [6, 6.07) is 13.0. The zero-order valence-corrected chi connectivity index (χ0v) is 12.0. The molecule has 0 atom stereocenters.